The summed E-state index contributed by atoms with van der Waals surface area (Å²) in [6.07, 6.45) is 0. The van der Waals surface area contributed by atoms with Gasteiger partial charge in [-0.15, -0.1) is 0 Å². The molecule has 0 saturated heterocycles. The smallest absolute Gasteiger partial charge is 0.341 e. The SMILES string of the molecule is CCOC(=O)C1(Nc2ccccc2)C(c2ccccc2)=C1c1ccccc1. The van der Waals surface area contributed by atoms with Crippen LogP contribution in [0.1, 0.15) is 18.1 Å². The molecule has 0 saturated carbocycles. The number of hydrogen-bond acceptors (Lipinski definition) is 3. The number of hydrogen-bond donors (Lipinski definition) is 1. The first-order valence-corrected chi connectivity index (χ1v) is 9.14. The highest BCUT2D eigenvalue weighted by Crippen LogP contribution is 2.58. The molecule has 1 aliphatic rings. The molecule has 1 N–H and O–H groups in total. The van der Waals surface area contributed by atoms with Crippen LogP contribution in [0.4, 0.5) is 5.69 Å². The highest BCUT2D eigenvalue weighted by Gasteiger charge is 2.61. The summed E-state index contributed by atoms with van der Waals surface area (Å²) in [6, 6.07) is 29.8. The van der Waals surface area contributed by atoms with Crippen LogP contribution < -0.4 is 5.32 Å². The normalized spacial score (nSPS) is 14.6. The van der Waals surface area contributed by atoms with E-state index < -0.39 is 5.54 Å². The van der Waals surface area contributed by atoms with Gasteiger partial charge in [-0.05, 0) is 30.2 Å². The van der Waals surface area contributed by atoms with E-state index in [1.807, 2.05) is 97.9 Å². The summed E-state index contributed by atoms with van der Waals surface area (Å²) in [5, 5.41) is 3.46. The summed E-state index contributed by atoms with van der Waals surface area (Å²) >= 11 is 0. The Bertz CT molecular complexity index is 914. The van der Waals surface area contributed by atoms with Crippen LogP contribution in [-0.2, 0) is 9.53 Å². The van der Waals surface area contributed by atoms with E-state index in [4.69, 9.17) is 4.74 Å². The quantitative estimate of drug-likeness (QED) is 0.631. The molecule has 27 heavy (non-hydrogen) atoms. The first-order valence-electron chi connectivity index (χ1n) is 9.14. The van der Waals surface area contributed by atoms with Gasteiger partial charge in [0.1, 0.15) is 0 Å². The maximum atomic E-state index is 13.2. The summed E-state index contributed by atoms with van der Waals surface area (Å²) in [4.78, 5) is 13.2. The van der Waals surface area contributed by atoms with Crippen LogP contribution in [0.2, 0.25) is 0 Å². The third-order valence-corrected chi connectivity index (χ3v) is 4.75. The van der Waals surface area contributed by atoms with E-state index in [2.05, 4.69) is 5.32 Å². The molecule has 1 aliphatic carbocycles. The number of carbonyl (C=O) groups excluding carboxylic acids is 1. The highest BCUT2D eigenvalue weighted by molar-refractivity contribution is 6.33. The Morgan fingerprint density at radius 1 is 0.778 bits per heavy atom. The minimum atomic E-state index is -0.972. The van der Waals surface area contributed by atoms with Gasteiger partial charge in [0, 0.05) is 16.8 Å². The second-order valence-corrected chi connectivity index (χ2v) is 6.44. The van der Waals surface area contributed by atoms with Crippen LogP contribution in [0.15, 0.2) is 91.0 Å². The minimum Gasteiger partial charge on any atom is -0.464 e. The molecule has 0 unspecified atom stereocenters. The van der Waals surface area contributed by atoms with Crippen LogP contribution in [0.3, 0.4) is 0 Å². The molecule has 3 heteroatoms. The van der Waals surface area contributed by atoms with Crippen LogP contribution in [0.25, 0.3) is 11.1 Å². The zero-order valence-corrected chi connectivity index (χ0v) is 15.2. The van der Waals surface area contributed by atoms with Gasteiger partial charge in [-0.1, -0.05) is 78.9 Å². The number of anilines is 1. The van der Waals surface area contributed by atoms with Gasteiger partial charge in [-0.25, -0.2) is 4.79 Å². The van der Waals surface area contributed by atoms with Gasteiger partial charge >= 0.3 is 5.97 Å². The Hall–Kier alpha value is -3.33. The molecule has 0 aliphatic heterocycles. The second-order valence-electron chi connectivity index (χ2n) is 6.44. The number of para-hydroxylation sites is 1. The van der Waals surface area contributed by atoms with Crippen molar-refractivity contribution in [2.45, 2.75) is 12.5 Å². The largest absolute Gasteiger partial charge is 0.464 e. The third-order valence-electron chi connectivity index (χ3n) is 4.75. The van der Waals surface area contributed by atoms with E-state index >= 15 is 0 Å². The lowest BCUT2D eigenvalue weighted by atomic mass is 10.0. The van der Waals surface area contributed by atoms with E-state index in [-0.39, 0.29) is 5.97 Å². The van der Waals surface area contributed by atoms with Crippen molar-refractivity contribution in [3.63, 3.8) is 0 Å². The molecule has 3 aromatic carbocycles. The zero-order chi connectivity index (χ0) is 18.7. The first kappa shape index (κ1) is 17.1. The predicted molar refractivity (Wildman–Crippen MR) is 109 cm³/mol. The Balaban J connectivity index is 1.85. The Labute approximate surface area is 159 Å². The number of rotatable bonds is 6. The van der Waals surface area contributed by atoms with E-state index in [1.54, 1.807) is 0 Å². The van der Waals surface area contributed by atoms with Crippen LogP contribution >= 0.6 is 0 Å². The first-order chi connectivity index (χ1) is 13.3. The number of esters is 1. The van der Waals surface area contributed by atoms with Gasteiger partial charge in [0.05, 0.1) is 6.61 Å². The van der Waals surface area contributed by atoms with Gasteiger partial charge in [0.15, 0.2) is 5.54 Å². The van der Waals surface area contributed by atoms with Crippen molar-refractivity contribution in [2.24, 2.45) is 0 Å². The molecule has 0 radical (unpaired) electrons. The number of ether oxygens (including phenoxy) is 1. The molecule has 0 bridgehead atoms. The van der Waals surface area contributed by atoms with Crippen molar-refractivity contribution in [3.8, 4) is 0 Å². The van der Waals surface area contributed by atoms with Crippen molar-refractivity contribution in [1.29, 1.82) is 0 Å². The van der Waals surface area contributed by atoms with Gasteiger partial charge in [-0.2, -0.15) is 0 Å². The molecule has 134 valence electrons. The second kappa shape index (κ2) is 7.12. The fourth-order valence-electron chi connectivity index (χ4n) is 3.57. The molecule has 0 atom stereocenters. The topological polar surface area (TPSA) is 38.3 Å². The standard InChI is InChI=1S/C24H21NO2/c1-2-27-23(26)24(25-20-16-10-5-11-17-20)21(18-12-6-3-7-13-18)22(24)19-14-8-4-9-15-19/h3-17,25H,2H2,1H3. The number of carbonyl (C=O) groups is 1. The molecule has 4 rings (SSSR count). The molecule has 3 nitrogen and oxygen atoms in total. The van der Waals surface area contributed by atoms with Crippen LogP contribution in [-0.4, -0.2) is 18.1 Å². The van der Waals surface area contributed by atoms with E-state index in [0.717, 1.165) is 28.0 Å². The van der Waals surface area contributed by atoms with E-state index in [1.165, 1.54) is 0 Å². The molecule has 0 fully saturated rings. The number of benzene rings is 3. The van der Waals surface area contributed by atoms with Crippen LogP contribution in [0, 0.1) is 0 Å². The van der Waals surface area contributed by atoms with E-state index in [9.17, 15) is 4.79 Å². The van der Waals surface area contributed by atoms with Gasteiger partial charge in [-0.3, -0.25) is 0 Å². The van der Waals surface area contributed by atoms with Crippen molar-refractivity contribution in [3.05, 3.63) is 102 Å². The summed E-state index contributed by atoms with van der Waals surface area (Å²) in [6.45, 7) is 2.17. The third kappa shape index (κ3) is 3.02. The van der Waals surface area contributed by atoms with Crippen molar-refractivity contribution < 1.29 is 9.53 Å². The average Bonchev–Trinajstić information content (AvgIpc) is 3.40. The lowest BCUT2D eigenvalue weighted by Gasteiger charge is -2.22. The summed E-state index contributed by atoms with van der Waals surface area (Å²) in [7, 11) is 0. The van der Waals surface area contributed by atoms with Gasteiger partial charge in [0.25, 0.3) is 0 Å². The van der Waals surface area contributed by atoms with Gasteiger partial charge in [0.2, 0.25) is 0 Å². The maximum Gasteiger partial charge on any atom is 0.341 e. The lowest BCUT2D eigenvalue weighted by molar-refractivity contribution is -0.143. The molecule has 0 amide bonds. The fourth-order valence-corrected chi connectivity index (χ4v) is 3.57. The Kier molecular flexibility index (Phi) is 4.51. The average molecular weight is 355 g/mol. The maximum absolute atomic E-state index is 13.2. The summed E-state index contributed by atoms with van der Waals surface area (Å²) in [5.74, 6) is -0.272. The van der Waals surface area contributed by atoms with Crippen molar-refractivity contribution in [2.75, 3.05) is 11.9 Å². The summed E-state index contributed by atoms with van der Waals surface area (Å²) in [5.41, 5.74) is 3.89. The predicted octanol–water partition coefficient (Wildman–Crippen LogP) is 5.03. The fraction of sp³-hybridized carbons (Fsp3) is 0.125. The summed E-state index contributed by atoms with van der Waals surface area (Å²) < 4.78 is 5.50. The highest BCUT2D eigenvalue weighted by atomic mass is 16.5. The molecular weight excluding hydrogens is 334 g/mol. The van der Waals surface area contributed by atoms with E-state index in [0.29, 0.717) is 6.61 Å². The molecule has 0 aromatic heterocycles. The van der Waals surface area contributed by atoms with Crippen LogP contribution in [0.5, 0.6) is 0 Å². The molecule has 0 heterocycles. The Morgan fingerprint density at radius 3 is 1.67 bits per heavy atom. The lowest BCUT2D eigenvalue weighted by Crippen LogP contribution is -2.38. The molecular formula is C24H21NO2. The van der Waals surface area contributed by atoms with Crippen molar-refractivity contribution >= 4 is 22.8 Å². The Morgan fingerprint density at radius 2 is 1.22 bits per heavy atom. The monoisotopic (exact) mass is 355 g/mol. The molecule has 0 spiro atoms. The van der Waals surface area contributed by atoms with Gasteiger partial charge < -0.3 is 10.1 Å². The minimum absolute atomic E-state index is 0.272. The zero-order valence-electron chi connectivity index (χ0n) is 15.2. The molecule has 3 aromatic rings. The van der Waals surface area contributed by atoms with Crippen molar-refractivity contribution in [1.82, 2.24) is 0 Å². The number of nitrogens with one attached hydrogen (secondary N) is 1.